The van der Waals surface area contributed by atoms with E-state index >= 15 is 0 Å². The molecule has 2 atom stereocenters. The molecule has 0 radical (unpaired) electrons. The van der Waals surface area contributed by atoms with Crippen LogP contribution in [0.3, 0.4) is 0 Å². The van der Waals surface area contributed by atoms with Crippen molar-refractivity contribution in [3.8, 4) is 0 Å². The van der Waals surface area contributed by atoms with Gasteiger partial charge in [0.25, 0.3) is 0 Å². The minimum Gasteiger partial charge on any atom is -0.426 e. The number of nitrogens with zero attached hydrogens (tertiary/aromatic N) is 1. The maximum Gasteiger partial charge on any atom is 0.475 e. The smallest absolute Gasteiger partial charge is 0.426 e. The average Bonchev–Trinajstić information content (AvgIpc) is 2.76. The maximum absolute atomic E-state index is 12.8. The van der Waals surface area contributed by atoms with Crippen molar-refractivity contribution in [3.05, 3.63) is 0 Å². The van der Waals surface area contributed by atoms with E-state index in [4.69, 9.17) is 5.73 Å². The molecule has 0 aliphatic rings. The van der Waals surface area contributed by atoms with Gasteiger partial charge < -0.3 is 31.7 Å². The van der Waals surface area contributed by atoms with E-state index in [0.717, 1.165) is 19.3 Å². The van der Waals surface area contributed by atoms with Crippen LogP contribution in [0, 0.1) is 5.92 Å². The third-order valence-electron chi connectivity index (χ3n) is 5.54. The van der Waals surface area contributed by atoms with Gasteiger partial charge in [-0.15, -0.1) is 0 Å². The van der Waals surface area contributed by atoms with E-state index < -0.39 is 25.0 Å². The molecule has 0 bridgehead atoms. The molecule has 0 saturated carbocycles. The molecule has 0 aliphatic carbocycles. The lowest BCUT2D eigenvalue weighted by atomic mass is 9.75. The second kappa shape index (κ2) is 19.6. The third-order valence-corrected chi connectivity index (χ3v) is 5.54. The van der Waals surface area contributed by atoms with E-state index in [0.29, 0.717) is 38.2 Å². The molecule has 33 heavy (non-hydrogen) atoms. The highest BCUT2D eigenvalue weighted by Gasteiger charge is 2.29. The number of aliphatic imine (C=N–C) groups is 1. The van der Waals surface area contributed by atoms with Crippen LogP contribution >= 0.6 is 0 Å². The molecule has 0 fully saturated rings. The van der Waals surface area contributed by atoms with E-state index in [-0.39, 0.29) is 11.8 Å². The summed E-state index contributed by atoms with van der Waals surface area (Å²) in [6.45, 7) is 6.60. The number of nitrogens with two attached hydrogens (primary N) is 1. The van der Waals surface area contributed by atoms with Crippen molar-refractivity contribution >= 4 is 24.9 Å². The molecule has 0 spiro atoms. The first kappa shape index (κ1) is 31.2. The summed E-state index contributed by atoms with van der Waals surface area (Å²) < 4.78 is 0. The van der Waals surface area contributed by atoms with Crippen LogP contribution in [0.4, 0.5) is 0 Å². The van der Waals surface area contributed by atoms with Crippen molar-refractivity contribution in [1.82, 2.24) is 16.0 Å². The van der Waals surface area contributed by atoms with Gasteiger partial charge >= 0.3 is 7.12 Å². The summed E-state index contributed by atoms with van der Waals surface area (Å²) in [5, 5.41) is 27.7. The highest BCUT2D eigenvalue weighted by Crippen LogP contribution is 2.10. The van der Waals surface area contributed by atoms with E-state index in [2.05, 4.69) is 27.9 Å². The Bertz CT molecular complexity index is 561. The molecule has 10 heteroatoms. The Labute approximate surface area is 200 Å². The van der Waals surface area contributed by atoms with Crippen LogP contribution < -0.4 is 21.7 Å². The Kier molecular flexibility index (Phi) is 18.6. The van der Waals surface area contributed by atoms with Gasteiger partial charge in [0.2, 0.25) is 11.8 Å². The monoisotopic (exact) mass is 469 g/mol. The Morgan fingerprint density at radius 1 is 0.970 bits per heavy atom. The second-order valence-corrected chi connectivity index (χ2v) is 9.18. The maximum atomic E-state index is 12.8. The molecular formula is C23H48BN5O4. The number of hydrogen-bond acceptors (Lipinski definition) is 5. The highest BCUT2D eigenvalue weighted by atomic mass is 16.4. The van der Waals surface area contributed by atoms with Gasteiger partial charge in [-0.3, -0.25) is 14.6 Å². The Morgan fingerprint density at radius 3 is 2.12 bits per heavy atom. The highest BCUT2D eigenvalue weighted by molar-refractivity contribution is 6.43. The van der Waals surface area contributed by atoms with Crippen LogP contribution in [0.1, 0.15) is 97.8 Å². The number of carbonyl (C=O) groups is 2. The predicted molar refractivity (Wildman–Crippen MR) is 136 cm³/mol. The van der Waals surface area contributed by atoms with Gasteiger partial charge in [-0.05, 0) is 31.6 Å². The van der Waals surface area contributed by atoms with Gasteiger partial charge in [0, 0.05) is 20.0 Å². The summed E-state index contributed by atoms with van der Waals surface area (Å²) in [5.41, 5.74) is 5.62. The molecule has 2 amide bonds. The molecule has 192 valence electrons. The lowest BCUT2D eigenvalue weighted by Crippen LogP contribution is -2.54. The van der Waals surface area contributed by atoms with Crippen LogP contribution in [0.5, 0.6) is 0 Å². The zero-order valence-electron chi connectivity index (χ0n) is 21.2. The van der Waals surface area contributed by atoms with Gasteiger partial charge in [0.15, 0.2) is 5.96 Å². The van der Waals surface area contributed by atoms with Crippen LogP contribution in [0.15, 0.2) is 4.99 Å². The van der Waals surface area contributed by atoms with Crippen molar-refractivity contribution in [1.29, 1.82) is 0 Å². The summed E-state index contributed by atoms with van der Waals surface area (Å²) in [6, 6.07) is -0.749. The first-order chi connectivity index (χ1) is 15.7. The lowest BCUT2D eigenvalue weighted by molar-refractivity contribution is -0.129. The SMILES string of the molecule is CCCCCCCCCCC(=O)N[C@@H](CCCNC(N)=NC)C(=O)N[C@@H](CC(C)C)B(O)O. The largest absolute Gasteiger partial charge is 0.475 e. The molecule has 0 aromatic carbocycles. The minimum absolute atomic E-state index is 0.159. The number of hydrogen-bond donors (Lipinski definition) is 6. The minimum atomic E-state index is -1.66. The fourth-order valence-corrected chi connectivity index (χ4v) is 3.60. The van der Waals surface area contributed by atoms with E-state index in [1.807, 2.05) is 13.8 Å². The van der Waals surface area contributed by atoms with Crippen molar-refractivity contribution in [3.63, 3.8) is 0 Å². The predicted octanol–water partition coefficient (Wildman–Crippen LogP) is 1.86. The fraction of sp³-hybridized carbons (Fsp3) is 0.870. The number of nitrogens with one attached hydrogen (secondary N) is 3. The Hall–Kier alpha value is -1.81. The molecule has 0 aromatic rings. The number of rotatable bonds is 19. The normalized spacial score (nSPS) is 13.5. The van der Waals surface area contributed by atoms with E-state index in [1.54, 1.807) is 7.05 Å². The molecule has 0 aromatic heterocycles. The zero-order valence-corrected chi connectivity index (χ0v) is 21.2. The summed E-state index contributed by atoms with van der Waals surface area (Å²) in [7, 11) is -0.0775. The molecule has 0 heterocycles. The summed E-state index contributed by atoms with van der Waals surface area (Å²) in [4.78, 5) is 29.1. The molecule has 0 saturated heterocycles. The third kappa shape index (κ3) is 17.4. The molecular weight excluding hydrogens is 421 g/mol. The fourth-order valence-electron chi connectivity index (χ4n) is 3.60. The van der Waals surface area contributed by atoms with Crippen molar-refractivity contribution in [2.75, 3.05) is 13.6 Å². The second-order valence-electron chi connectivity index (χ2n) is 9.18. The van der Waals surface area contributed by atoms with Crippen LogP contribution in [-0.4, -0.2) is 60.5 Å². The van der Waals surface area contributed by atoms with Gasteiger partial charge in [0.1, 0.15) is 6.04 Å². The number of unbranched alkanes of at least 4 members (excludes halogenated alkanes) is 7. The van der Waals surface area contributed by atoms with Crippen molar-refractivity contribution < 1.29 is 19.6 Å². The Balaban J connectivity index is 4.67. The van der Waals surface area contributed by atoms with E-state index in [1.165, 1.54) is 32.1 Å². The van der Waals surface area contributed by atoms with Gasteiger partial charge in [0.05, 0.1) is 5.94 Å². The van der Waals surface area contributed by atoms with Crippen LogP contribution in [0.2, 0.25) is 0 Å². The topological polar surface area (TPSA) is 149 Å². The average molecular weight is 469 g/mol. The molecule has 7 N–H and O–H groups in total. The molecule has 0 aliphatic heterocycles. The summed E-state index contributed by atoms with van der Waals surface area (Å²) in [5.74, 6) is -0.864. The zero-order chi connectivity index (χ0) is 25.1. The first-order valence-electron chi connectivity index (χ1n) is 12.6. The number of amides is 2. The van der Waals surface area contributed by atoms with Gasteiger partial charge in [-0.2, -0.15) is 0 Å². The Morgan fingerprint density at radius 2 is 1.58 bits per heavy atom. The van der Waals surface area contributed by atoms with Gasteiger partial charge in [-0.25, -0.2) is 0 Å². The summed E-state index contributed by atoms with van der Waals surface area (Å²) in [6.07, 6.45) is 11.0. The summed E-state index contributed by atoms with van der Waals surface area (Å²) >= 11 is 0. The number of carbonyl (C=O) groups excluding carboxylic acids is 2. The first-order valence-corrected chi connectivity index (χ1v) is 12.6. The molecule has 0 rings (SSSR count). The van der Waals surface area contributed by atoms with Crippen molar-refractivity contribution in [2.24, 2.45) is 16.6 Å². The lowest BCUT2D eigenvalue weighted by Gasteiger charge is -2.24. The van der Waals surface area contributed by atoms with E-state index in [9.17, 15) is 19.6 Å². The molecule has 0 unspecified atom stereocenters. The van der Waals surface area contributed by atoms with Crippen LogP contribution in [0.25, 0.3) is 0 Å². The molecule has 9 nitrogen and oxygen atoms in total. The van der Waals surface area contributed by atoms with Crippen molar-refractivity contribution in [2.45, 2.75) is 110 Å². The standard InChI is InChI=1S/C23H48BN5O4/c1-5-6-7-8-9-10-11-12-15-21(30)28-19(14-13-16-27-23(25)26-4)22(31)29-20(24(32)33)17-18(2)3/h18-20,32-33H,5-17H2,1-4H3,(H,28,30)(H,29,31)(H3,25,26,27)/t19-,20-/m0/s1. The number of guanidine groups is 1. The quantitative estimate of drug-likeness (QED) is 0.0736. The van der Waals surface area contributed by atoms with Crippen LogP contribution in [-0.2, 0) is 9.59 Å². The van der Waals surface area contributed by atoms with Gasteiger partial charge in [-0.1, -0.05) is 65.7 Å².